The van der Waals surface area contributed by atoms with Crippen LogP contribution in [0.3, 0.4) is 0 Å². The first-order valence-corrected chi connectivity index (χ1v) is 9.73. The highest BCUT2D eigenvalue weighted by Gasteiger charge is 2.18. The minimum Gasteiger partial charge on any atom is -0.423 e. The van der Waals surface area contributed by atoms with Gasteiger partial charge in [-0.15, -0.1) is 11.3 Å². The van der Waals surface area contributed by atoms with Crippen LogP contribution in [0.15, 0.2) is 78.9 Å². The molecule has 5 aromatic rings. The molecule has 0 saturated heterocycles. The fraction of sp³-hybridized carbons (Fsp3) is 0. The summed E-state index contributed by atoms with van der Waals surface area (Å²) in [6.45, 7) is 0. The molecule has 5 rings (SSSR count). The van der Waals surface area contributed by atoms with Gasteiger partial charge >= 0.3 is 7.12 Å². The Morgan fingerprint density at radius 1 is 0.750 bits per heavy atom. The fourth-order valence-corrected chi connectivity index (χ4v) is 4.50. The minimum atomic E-state index is -1.52. The third kappa shape index (κ3) is 2.88. The van der Waals surface area contributed by atoms with Gasteiger partial charge in [-0.3, -0.25) is 0 Å². The molecule has 0 unspecified atom stereocenters. The molecule has 3 aromatic carbocycles. The molecule has 0 spiro atoms. The molecular weight excluding hydrogens is 367 g/mol. The van der Waals surface area contributed by atoms with Gasteiger partial charge < -0.3 is 10.0 Å². The zero-order chi connectivity index (χ0) is 19.1. The number of aromatic nitrogens is 2. The standard InChI is InChI=1S/C22H15BN2O2S/c26-23(27)16-10-6-9-15(13-16)19-21-20(17-11-4-5-12-18(17)28-21)25-22(24-19)14-7-2-1-3-8-14/h1-13,26-27H. The van der Waals surface area contributed by atoms with E-state index in [1.54, 1.807) is 23.5 Å². The number of nitrogens with zero attached hydrogens (tertiary/aromatic N) is 2. The third-order valence-electron chi connectivity index (χ3n) is 4.71. The molecular formula is C22H15BN2O2S. The van der Waals surface area contributed by atoms with Gasteiger partial charge in [-0.25, -0.2) is 9.97 Å². The van der Waals surface area contributed by atoms with Gasteiger partial charge in [-0.05, 0) is 11.5 Å². The maximum absolute atomic E-state index is 9.58. The molecule has 6 heteroatoms. The largest absolute Gasteiger partial charge is 0.488 e. The van der Waals surface area contributed by atoms with Crippen LogP contribution in [0, 0.1) is 0 Å². The van der Waals surface area contributed by atoms with Crippen LogP contribution in [-0.4, -0.2) is 27.1 Å². The second-order valence-corrected chi connectivity index (χ2v) is 7.59. The normalized spacial score (nSPS) is 11.2. The predicted molar refractivity (Wildman–Crippen MR) is 116 cm³/mol. The molecule has 0 amide bonds. The highest BCUT2D eigenvalue weighted by Crippen LogP contribution is 2.38. The molecule has 134 valence electrons. The van der Waals surface area contributed by atoms with Crippen molar-refractivity contribution in [2.24, 2.45) is 0 Å². The second-order valence-electron chi connectivity index (χ2n) is 6.54. The molecule has 0 fully saturated rings. The maximum atomic E-state index is 9.58. The van der Waals surface area contributed by atoms with Gasteiger partial charge in [0.2, 0.25) is 0 Å². The third-order valence-corrected chi connectivity index (χ3v) is 5.88. The molecule has 0 aliphatic carbocycles. The predicted octanol–water partition coefficient (Wildman–Crippen LogP) is 3.86. The van der Waals surface area contributed by atoms with Crippen LogP contribution in [0.25, 0.3) is 42.9 Å². The summed E-state index contributed by atoms with van der Waals surface area (Å²) in [5, 5.41) is 20.3. The van der Waals surface area contributed by atoms with E-state index in [0.29, 0.717) is 11.3 Å². The first kappa shape index (κ1) is 17.1. The molecule has 4 nitrogen and oxygen atoms in total. The van der Waals surface area contributed by atoms with Crippen molar-refractivity contribution in [3.63, 3.8) is 0 Å². The van der Waals surface area contributed by atoms with E-state index in [9.17, 15) is 10.0 Å². The summed E-state index contributed by atoms with van der Waals surface area (Å²) in [6.07, 6.45) is 0. The van der Waals surface area contributed by atoms with Gasteiger partial charge in [0, 0.05) is 21.2 Å². The van der Waals surface area contributed by atoms with Crippen LogP contribution in [0.2, 0.25) is 0 Å². The Bertz CT molecular complexity index is 1300. The van der Waals surface area contributed by atoms with Crippen molar-refractivity contribution < 1.29 is 10.0 Å². The Morgan fingerprint density at radius 2 is 1.50 bits per heavy atom. The molecule has 0 aliphatic rings. The molecule has 28 heavy (non-hydrogen) atoms. The molecule has 2 N–H and O–H groups in total. The smallest absolute Gasteiger partial charge is 0.423 e. The minimum absolute atomic E-state index is 0.437. The van der Waals surface area contributed by atoms with Gasteiger partial charge in [-0.1, -0.05) is 72.8 Å². The Balaban J connectivity index is 1.85. The quantitative estimate of drug-likeness (QED) is 0.465. The van der Waals surface area contributed by atoms with E-state index in [2.05, 4.69) is 12.1 Å². The van der Waals surface area contributed by atoms with E-state index in [4.69, 9.17) is 9.97 Å². The van der Waals surface area contributed by atoms with Crippen LogP contribution in [0.4, 0.5) is 0 Å². The Hall–Kier alpha value is -3.06. The first-order chi connectivity index (χ1) is 13.7. The van der Waals surface area contributed by atoms with E-state index in [1.165, 1.54) is 0 Å². The second kappa shape index (κ2) is 6.84. The van der Waals surface area contributed by atoms with E-state index >= 15 is 0 Å². The molecule has 0 saturated carbocycles. The van der Waals surface area contributed by atoms with E-state index < -0.39 is 7.12 Å². The molecule has 0 aliphatic heterocycles. The Kier molecular flexibility index (Phi) is 4.17. The van der Waals surface area contributed by atoms with E-state index in [-0.39, 0.29) is 0 Å². The van der Waals surface area contributed by atoms with Crippen molar-refractivity contribution in [1.29, 1.82) is 0 Å². The van der Waals surface area contributed by atoms with Crippen molar-refractivity contribution in [3.8, 4) is 22.6 Å². The van der Waals surface area contributed by atoms with Crippen LogP contribution in [0.1, 0.15) is 0 Å². The van der Waals surface area contributed by atoms with E-state index in [0.717, 1.165) is 37.1 Å². The highest BCUT2D eigenvalue weighted by molar-refractivity contribution is 7.26. The van der Waals surface area contributed by atoms with Gasteiger partial charge in [0.15, 0.2) is 5.82 Å². The number of fused-ring (bicyclic) bond motifs is 3. The Labute approximate surface area is 165 Å². The summed E-state index contributed by atoms with van der Waals surface area (Å²) in [5.41, 5.74) is 3.93. The summed E-state index contributed by atoms with van der Waals surface area (Å²) < 4.78 is 2.14. The van der Waals surface area contributed by atoms with Crippen LogP contribution >= 0.6 is 11.3 Å². The summed E-state index contributed by atoms with van der Waals surface area (Å²) in [6, 6.07) is 25.3. The average molecular weight is 382 g/mol. The lowest BCUT2D eigenvalue weighted by molar-refractivity contribution is 0.426. The van der Waals surface area contributed by atoms with Crippen LogP contribution < -0.4 is 5.46 Å². The average Bonchev–Trinajstić information content (AvgIpc) is 3.12. The summed E-state index contributed by atoms with van der Waals surface area (Å²) in [5.74, 6) is 0.654. The summed E-state index contributed by atoms with van der Waals surface area (Å²) in [7, 11) is -1.52. The lowest BCUT2D eigenvalue weighted by Gasteiger charge is -2.08. The van der Waals surface area contributed by atoms with Crippen molar-refractivity contribution in [2.75, 3.05) is 0 Å². The topological polar surface area (TPSA) is 66.2 Å². The summed E-state index contributed by atoms with van der Waals surface area (Å²) >= 11 is 1.65. The van der Waals surface area contributed by atoms with Gasteiger partial charge in [0.1, 0.15) is 0 Å². The van der Waals surface area contributed by atoms with E-state index in [1.807, 2.05) is 54.6 Å². The molecule has 0 atom stereocenters. The SMILES string of the molecule is OB(O)c1cccc(-c2nc(-c3ccccc3)nc3c2sc2ccccc23)c1. The van der Waals surface area contributed by atoms with Crippen LogP contribution in [0.5, 0.6) is 0 Å². The zero-order valence-electron chi connectivity index (χ0n) is 14.8. The lowest BCUT2D eigenvalue weighted by Crippen LogP contribution is -2.29. The zero-order valence-corrected chi connectivity index (χ0v) is 15.6. The molecule has 0 bridgehead atoms. The highest BCUT2D eigenvalue weighted by atomic mass is 32.1. The van der Waals surface area contributed by atoms with Gasteiger partial charge in [-0.2, -0.15) is 0 Å². The number of benzene rings is 3. The first-order valence-electron chi connectivity index (χ1n) is 8.92. The van der Waals surface area contributed by atoms with Crippen molar-refractivity contribution in [3.05, 3.63) is 78.9 Å². The fourth-order valence-electron chi connectivity index (χ4n) is 3.35. The molecule has 2 heterocycles. The van der Waals surface area contributed by atoms with Gasteiger partial charge in [0.25, 0.3) is 0 Å². The molecule has 2 aromatic heterocycles. The van der Waals surface area contributed by atoms with Gasteiger partial charge in [0.05, 0.1) is 15.9 Å². The number of thiophene rings is 1. The summed E-state index contributed by atoms with van der Waals surface area (Å²) in [4.78, 5) is 9.75. The number of hydrogen-bond donors (Lipinski definition) is 2. The molecule has 0 radical (unpaired) electrons. The van der Waals surface area contributed by atoms with Crippen molar-refractivity contribution in [1.82, 2.24) is 9.97 Å². The maximum Gasteiger partial charge on any atom is 0.488 e. The Morgan fingerprint density at radius 3 is 2.32 bits per heavy atom. The van der Waals surface area contributed by atoms with Crippen LogP contribution in [-0.2, 0) is 0 Å². The van der Waals surface area contributed by atoms with Crippen molar-refractivity contribution in [2.45, 2.75) is 0 Å². The number of hydrogen-bond acceptors (Lipinski definition) is 5. The van der Waals surface area contributed by atoms with Crippen molar-refractivity contribution >= 4 is 44.2 Å². The number of rotatable bonds is 3. The monoisotopic (exact) mass is 382 g/mol. The lowest BCUT2D eigenvalue weighted by atomic mass is 9.79.